The number of nitrogens with two attached hydrogens (primary N) is 2. The molecule has 3 aromatic carbocycles. The quantitative estimate of drug-likeness (QED) is 0.0265. The summed E-state index contributed by atoms with van der Waals surface area (Å²) >= 11 is 5.94. The molecular formula is C31H31ClF4N7O14PS. The summed E-state index contributed by atoms with van der Waals surface area (Å²) in [5, 5.41) is 29.7. The number of hydrogen-bond acceptors (Lipinski definition) is 15. The molecule has 1 aromatic heterocycles. The summed E-state index contributed by atoms with van der Waals surface area (Å²) in [7, 11) is -7.82. The van der Waals surface area contributed by atoms with E-state index in [2.05, 4.69) is 19.4 Å². The molecule has 320 valence electrons. The van der Waals surface area contributed by atoms with Gasteiger partial charge in [0, 0.05) is 18.9 Å². The van der Waals surface area contributed by atoms with Crippen LogP contribution in [0.15, 0.2) is 77.7 Å². The Morgan fingerprint density at radius 3 is 2.00 bits per heavy atom. The summed E-state index contributed by atoms with van der Waals surface area (Å²) in [6.45, 7) is -5.63. The minimum atomic E-state index is -4.71. The number of amides is 2. The number of aromatic carboxylic acids is 1. The number of sulfonamides is 1. The summed E-state index contributed by atoms with van der Waals surface area (Å²) in [6, 6.07) is 13.8. The van der Waals surface area contributed by atoms with Crippen LogP contribution in [-0.2, 0) is 19.4 Å². The third kappa shape index (κ3) is 17.0. The molecule has 1 heterocycles. The van der Waals surface area contributed by atoms with Crippen molar-refractivity contribution < 1.29 is 79.2 Å². The predicted molar refractivity (Wildman–Crippen MR) is 198 cm³/mol. The molecule has 0 saturated heterocycles. The van der Waals surface area contributed by atoms with Crippen molar-refractivity contribution >= 4 is 64.3 Å². The molecule has 4 aromatic rings. The number of aliphatic carboxylic acids is 1. The van der Waals surface area contributed by atoms with E-state index < -0.39 is 87.7 Å². The van der Waals surface area contributed by atoms with Gasteiger partial charge in [-0.15, -0.1) is 0 Å². The Balaban J connectivity index is 0.000000348. The van der Waals surface area contributed by atoms with Crippen LogP contribution in [0.1, 0.15) is 16.8 Å². The second-order valence-electron chi connectivity index (χ2n) is 11.0. The van der Waals surface area contributed by atoms with Crippen LogP contribution in [-0.4, -0.2) is 88.5 Å². The maximum absolute atomic E-state index is 12.3. The van der Waals surface area contributed by atoms with Crippen molar-refractivity contribution in [1.29, 1.82) is 0 Å². The van der Waals surface area contributed by atoms with Crippen LogP contribution in [0.2, 0.25) is 5.02 Å². The molecule has 4 rings (SSSR count). The number of nitro groups is 1. The highest BCUT2D eigenvalue weighted by atomic mass is 35.5. The minimum absolute atomic E-state index is 0.0352. The molecule has 9 N–H and O–H groups in total. The first-order valence-corrected chi connectivity index (χ1v) is 19.7. The van der Waals surface area contributed by atoms with Crippen LogP contribution in [0.25, 0.3) is 0 Å². The number of carbonyl (C=O) groups is 3. The Morgan fingerprint density at radius 1 is 0.966 bits per heavy atom. The van der Waals surface area contributed by atoms with E-state index in [4.69, 9.17) is 42.9 Å². The third-order valence-corrected chi connectivity index (χ3v) is 9.29. The zero-order valence-electron chi connectivity index (χ0n) is 29.6. The number of urea groups is 1. The Kier molecular flexibility index (Phi) is 18.2. The second kappa shape index (κ2) is 22.0. The number of para-hydroxylation sites is 1. The number of hydrogen-bond donors (Lipinski definition) is 7. The summed E-state index contributed by atoms with van der Waals surface area (Å²) in [6.07, 6.45) is 0.0000772. The Bertz CT molecular complexity index is 2250. The largest absolute Gasteiger partial charge is 0.480 e. The Hall–Kier alpha value is -6.34. The van der Waals surface area contributed by atoms with Crippen molar-refractivity contribution in [2.75, 3.05) is 23.9 Å². The molecule has 0 spiro atoms. The first-order chi connectivity index (χ1) is 27.4. The highest BCUT2D eigenvalue weighted by molar-refractivity contribution is 7.90. The fraction of sp³-hybridized carbons (Fsp3) is 0.194. The maximum atomic E-state index is 12.3. The molecule has 0 radical (unpaired) electrons. The number of aromatic nitrogens is 2. The van der Waals surface area contributed by atoms with Gasteiger partial charge in [0.2, 0.25) is 17.7 Å². The smallest absolute Gasteiger partial charge is 0.388 e. The van der Waals surface area contributed by atoms with Gasteiger partial charge in [0.05, 0.1) is 16.6 Å². The number of nitrogen functional groups attached to an aromatic ring is 1. The number of carboxylic acid groups (broad SMARTS) is 2. The second-order valence-corrected chi connectivity index (χ2v) is 15.6. The summed E-state index contributed by atoms with van der Waals surface area (Å²) in [5.41, 5.74) is 9.69. The fourth-order valence-electron chi connectivity index (χ4n) is 3.86. The van der Waals surface area contributed by atoms with Gasteiger partial charge in [-0.3, -0.25) is 24.8 Å². The molecule has 0 fully saturated rings. The normalized spacial score (nSPS) is 12.3. The van der Waals surface area contributed by atoms with Crippen LogP contribution in [0.3, 0.4) is 0 Å². The topological polar surface area (TPSA) is 336 Å². The number of halogens is 5. The number of ether oxygens (including phenoxy) is 3. The highest BCUT2D eigenvalue weighted by Crippen LogP contribution is 2.39. The van der Waals surface area contributed by atoms with E-state index in [0.717, 1.165) is 12.1 Å². The fourth-order valence-corrected chi connectivity index (χ4v) is 5.93. The molecule has 0 aliphatic carbocycles. The maximum Gasteiger partial charge on any atom is 0.388 e. The van der Waals surface area contributed by atoms with Gasteiger partial charge in [-0.05, 0) is 36.8 Å². The minimum Gasteiger partial charge on any atom is -0.480 e. The molecular weight excluding hydrogens is 869 g/mol. The summed E-state index contributed by atoms with van der Waals surface area (Å²) in [4.78, 5) is 57.8. The van der Waals surface area contributed by atoms with Crippen molar-refractivity contribution in [2.45, 2.75) is 30.6 Å². The standard InChI is InChI=1S/C14H10F4N4O7S.C12H9ClN2O3.C5H12NO4P/c15-11(16)28-8-5-9(29-12(17)18)20-13(19-8)21-14(25)22-30(26,27)7-4-2-1-3-6(7)10(23)24;13-11-10(18-8-4-2-1-3-5-8)7-6-9(12(11)14)15(16)17;1-11(9,10)3-2-4(6)5(7)8/h1-5,11-12H,(H,23,24)(H2,19,20,21,22,25);1-7H,14H2;4H,2-3,6H2,1H3,(H,7,8)(H,9,10). The number of anilines is 2. The zero-order valence-corrected chi connectivity index (χ0v) is 32.1. The number of benzene rings is 3. The average molecular weight is 900 g/mol. The van der Waals surface area contributed by atoms with E-state index in [1.54, 1.807) is 29.6 Å². The van der Waals surface area contributed by atoms with Gasteiger partial charge >= 0.3 is 31.2 Å². The lowest BCUT2D eigenvalue weighted by Gasteiger charge is -2.11. The van der Waals surface area contributed by atoms with Gasteiger partial charge in [-0.1, -0.05) is 41.9 Å². The lowest BCUT2D eigenvalue weighted by molar-refractivity contribution is -0.383. The van der Waals surface area contributed by atoms with Crippen LogP contribution in [0, 0.1) is 10.1 Å². The average Bonchev–Trinajstić information content (AvgIpc) is 3.12. The molecule has 2 atom stereocenters. The lowest BCUT2D eigenvalue weighted by Crippen LogP contribution is -2.35. The number of rotatable bonds is 15. The molecule has 2 amide bonds. The van der Waals surface area contributed by atoms with Gasteiger partial charge in [-0.2, -0.15) is 27.5 Å². The van der Waals surface area contributed by atoms with Gasteiger partial charge in [0.15, 0.2) is 7.37 Å². The number of alkyl halides is 4. The van der Waals surface area contributed by atoms with Crippen LogP contribution in [0.5, 0.6) is 23.3 Å². The van der Waals surface area contributed by atoms with E-state index in [-0.39, 0.29) is 34.7 Å². The molecule has 59 heavy (non-hydrogen) atoms. The molecule has 28 heteroatoms. The monoisotopic (exact) mass is 899 g/mol. The molecule has 0 saturated carbocycles. The molecule has 2 unspecified atom stereocenters. The number of carbonyl (C=O) groups excluding carboxylic acids is 1. The molecule has 0 aliphatic rings. The first-order valence-electron chi connectivity index (χ1n) is 15.6. The zero-order chi connectivity index (χ0) is 44.7. The van der Waals surface area contributed by atoms with Gasteiger partial charge in [0.25, 0.3) is 15.7 Å². The van der Waals surface area contributed by atoms with E-state index in [9.17, 15) is 55.0 Å². The summed E-state index contributed by atoms with van der Waals surface area (Å²) in [5.74, 6) is -4.74. The van der Waals surface area contributed by atoms with E-state index >= 15 is 0 Å². The van der Waals surface area contributed by atoms with Gasteiger partial charge in [-0.25, -0.2) is 22.7 Å². The predicted octanol–water partition coefficient (Wildman–Crippen LogP) is 5.20. The van der Waals surface area contributed by atoms with Crippen molar-refractivity contribution in [3.05, 3.63) is 93.5 Å². The number of nitro benzene ring substituents is 1. The van der Waals surface area contributed by atoms with Crippen molar-refractivity contribution in [2.24, 2.45) is 5.73 Å². The van der Waals surface area contributed by atoms with Gasteiger partial charge in [0.1, 0.15) is 33.1 Å². The number of nitrogens with one attached hydrogen (secondary N) is 2. The third-order valence-electron chi connectivity index (χ3n) is 6.42. The Labute approximate surface area is 334 Å². The van der Waals surface area contributed by atoms with Crippen molar-refractivity contribution in [3.63, 3.8) is 0 Å². The van der Waals surface area contributed by atoms with E-state index in [0.29, 0.717) is 11.8 Å². The van der Waals surface area contributed by atoms with Crippen molar-refractivity contribution in [3.8, 4) is 23.3 Å². The Morgan fingerprint density at radius 2 is 1.51 bits per heavy atom. The molecule has 21 nitrogen and oxygen atoms in total. The SMILES string of the molecule is CP(=O)(O)CCC(N)C(=O)O.Nc1c([N+](=O)[O-])ccc(Oc2ccccc2)c1Cl.O=C(Nc1nc(OC(F)F)cc(OC(F)F)n1)NS(=O)(=O)c1ccccc1C(=O)O. The molecule has 0 aliphatic heterocycles. The summed E-state index contributed by atoms with van der Waals surface area (Å²) < 4.78 is 99.2. The molecule has 0 bridgehead atoms. The van der Waals surface area contributed by atoms with E-state index in [1.807, 2.05) is 6.07 Å². The van der Waals surface area contributed by atoms with Gasteiger partial charge < -0.3 is 40.8 Å². The number of nitrogens with zero attached hydrogens (tertiary/aromatic N) is 3. The van der Waals surface area contributed by atoms with Crippen LogP contribution in [0.4, 0.5) is 39.7 Å². The van der Waals surface area contributed by atoms with Crippen LogP contribution < -0.4 is 35.7 Å². The van der Waals surface area contributed by atoms with Crippen LogP contribution >= 0.6 is 19.0 Å². The first kappa shape index (κ1) is 48.8. The number of carboxylic acids is 2. The van der Waals surface area contributed by atoms with E-state index in [1.165, 1.54) is 35.7 Å². The highest BCUT2D eigenvalue weighted by Gasteiger charge is 2.25. The van der Waals surface area contributed by atoms with Crippen molar-refractivity contribution in [1.82, 2.24) is 14.7 Å². The lowest BCUT2D eigenvalue weighted by atomic mass is 10.2.